The van der Waals surface area contributed by atoms with Gasteiger partial charge in [-0.15, -0.1) is 10.2 Å². The van der Waals surface area contributed by atoms with Gasteiger partial charge in [0.25, 0.3) is 0 Å². The molecule has 4 aromatic rings. The third-order valence-electron chi connectivity index (χ3n) is 8.13. The van der Waals surface area contributed by atoms with Crippen LogP contribution in [0.2, 0.25) is 5.02 Å². The van der Waals surface area contributed by atoms with Crippen LogP contribution in [0.3, 0.4) is 0 Å². The molecule has 8 nitrogen and oxygen atoms in total. The molecule has 1 saturated carbocycles. The Labute approximate surface area is 243 Å². The molecule has 1 aliphatic carbocycles. The molecule has 0 radical (unpaired) electrons. The van der Waals surface area contributed by atoms with Crippen molar-refractivity contribution in [2.45, 2.75) is 56.8 Å². The Bertz CT molecular complexity index is 1550. The maximum Gasteiger partial charge on any atom is 0.233 e. The SMILES string of the molecule is CC1CN(C(=O)CSc2nnc3c4ccccc4n(Cc4cccc(Cl)c4)c3n2)CCN1C(=O)C1CCCCC1. The zero-order valence-electron chi connectivity index (χ0n) is 22.6. The van der Waals surface area contributed by atoms with Crippen molar-refractivity contribution in [3.8, 4) is 0 Å². The topological polar surface area (TPSA) is 84.2 Å². The van der Waals surface area contributed by atoms with Crippen LogP contribution >= 0.6 is 23.4 Å². The van der Waals surface area contributed by atoms with Gasteiger partial charge in [0.05, 0.1) is 11.3 Å². The van der Waals surface area contributed by atoms with Gasteiger partial charge in [-0.1, -0.05) is 73.0 Å². The van der Waals surface area contributed by atoms with Gasteiger partial charge < -0.3 is 14.4 Å². The predicted molar refractivity (Wildman–Crippen MR) is 158 cm³/mol. The molecule has 0 spiro atoms. The first-order valence-electron chi connectivity index (χ1n) is 14.0. The first-order valence-corrected chi connectivity index (χ1v) is 15.4. The fraction of sp³-hybridized carbons (Fsp3) is 0.433. The lowest BCUT2D eigenvalue weighted by molar-refractivity contribution is -0.145. The summed E-state index contributed by atoms with van der Waals surface area (Å²) in [5, 5.41) is 11.0. The molecule has 1 aliphatic heterocycles. The van der Waals surface area contributed by atoms with Gasteiger partial charge in [-0.2, -0.15) is 0 Å². The highest BCUT2D eigenvalue weighted by Crippen LogP contribution is 2.29. The van der Waals surface area contributed by atoms with Crippen molar-refractivity contribution >= 4 is 57.2 Å². The number of benzene rings is 2. The summed E-state index contributed by atoms with van der Waals surface area (Å²) in [4.78, 5) is 34.9. The molecule has 2 amide bonds. The number of amides is 2. The summed E-state index contributed by atoms with van der Waals surface area (Å²) < 4.78 is 2.13. The average Bonchev–Trinajstić information content (AvgIpc) is 3.28. The van der Waals surface area contributed by atoms with Gasteiger partial charge in [-0.3, -0.25) is 9.59 Å². The van der Waals surface area contributed by atoms with E-state index in [0.29, 0.717) is 36.4 Å². The number of hydrogen-bond acceptors (Lipinski definition) is 6. The van der Waals surface area contributed by atoms with Crippen LogP contribution in [0, 0.1) is 5.92 Å². The summed E-state index contributed by atoms with van der Waals surface area (Å²) in [5.74, 6) is 0.688. The van der Waals surface area contributed by atoms with Crippen molar-refractivity contribution in [2.75, 3.05) is 25.4 Å². The Morgan fingerprint density at radius 3 is 2.65 bits per heavy atom. The summed E-state index contributed by atoms with van der Waals surface area (Å²) in [5.41, 5.74) is 3.55. The van der Waals surface area contributed by atoms with Crippen LogP contribution in [0.15, 0.2) is 53.7 Å². The number of nitrogens with zero attached hydrogens (tertiary/aromatic N) is 6. The predicted octanol–water partition coefficient (Wildman–Crippen LogP) is 5.41. The maximum absolute atomic E-state index is 13.1. The molecule has 1 unspecified atom stereocenters. The van der Waals surface area contributed by atoms with Crippen LogP contribution in [0.1, 0.15) is 44.6 Å². The minimum absolute atomic E-state index is 0.0218. The Morgan fingerprint density at radius 2 is 1.85 bits per heavy atom. The molecule has 0 bridgehead atoms. The lowest BCUT2D eigenvalue weighted by atomic mass is 9.88. The Balaban J connectivity index is 1.15. The van der Waals surface area contributed by atoms with E-state index >= 15 is 0 Å². The number of halogens is 1. The molecule has 2 aliphatic rings. The molecular formula is C30H33ClN6O2S. The molecule has 3 heterocycles. The average molecular weight is 577 g/mol. The van der Waals surface area contributed by atoms with E-state index in [9.17, 15) is 9.59 Å². The molecular weight excluding hydrogens is 544 g/mol. The highest BCUT2D eigenvalue weighted by molar-refractivity contribution is 7.99. The molecule has 2 aromatic heterocycles. The van der Waals surface area contributed by atoms with E-state index in [4.69, 9.17) is 16.6 Å². The number of hydrogen-bond donors (Lipinski definition) is 0. The highest BCUT2D eigenvalue weighted by atomic mass is 35.5. The normalized spacial score (nSPS) is 18.5. The van der Waals surface area contributed by atoms with Crippen LogP contribution < -0.4 is 0 Å². The van der Waals surface area contributed by atoms with Crippen molar-refractivity contribution in [3.63, 3.8) is 0 Å². The van der Waals surface area contributed by atoms with Crippen molar-refractivity contribution < 1.29 is 9.59 Å². The van der Waals surface area contributed by atoms with Gasteiger partial charge in [0, 0.05) is 48.5 Å². The number of aromatic nitrogens is 4. The zero-order chi connectivity index (χ0) is 27.6. The minimum atomic E-state index is 0.0218. The second-order valence-electron chi connectivity index (χ2n) is 10.8. The van der Waals surface area contributed by atoms with Gasteiger partial charge in [-0.25, -0.2) is 4.98 Å². The molecule has 208 valence electrons. The zero-order valence-corrected chi connectivity index (χ0v) is 24.2. The number of para-hydroxylation sites is 1. The fourth-order valence-electron chi connectivity index (χ4n) is 6.04. The molecule has 1 atom stereocenters. The van der Waals surface area contributed by atoms with Crippen LogP contribution in [-0.4, -0.2) is 72.8 Å². The van der Waals surface area contributed by atoms with Gasteiger partial charge in [0.15, 0.2) is 5.65 Å². The van der Waals surface area contributed by atoms with Crippen molar-refractivity contribution in [1.82, 2.24) is 29.5 Å². The van der Waals surface area contributed by atoms with Crippen LogP contribution in [0.4, 0.5) is 0 Å². The van der Waals surface area contributed by atoms with E-state index in [1.54, 1.807) is 0 Å². The van der Waals surface area contributed by atoms with Gasteiger partial charge in [-0.05, 0) is 43.5 Å². The number of thioether (sulfide) groups is 1. The summed E-state index contributed by atoms with van der Waals surface area (Å²) in [6.07, 6.45) is 5.51. The molecule has 6 rings (SSSR count). The van der Waals surface area contributed by atoms with E-state index in [1.165, 1.54) is 18.2 Å². The molecule has 1 saturated heterocycles. The Morgan fingerprint density at radius 1 is 1.02 bits per heavy atom. The quantitative estimate of drug-likeness (QED) is 0.285. The number of carbonyl (C=O) groups is 2. The minimum Gasteiger partial charge on any atom is -0.338 e. The van der Waals surface area contributed by atoms with Crippen molar-refractivity contribution in [1.29, 1.82) is 0 Å². The first-order chi connectivity index (χ1) is 19.5. The Kier molecular flexibility index (Phi) is 7.94. The molecule has 0 N–H and O–H groups in total. The molecule has 40 heavy (non-hydrogen) atoms. The second kappa shape index (κ2) is 11.7. The van der Waals surface area contributed by atoms with E-state index in [2.05, 4.69) is 20.8 Å². The first kappa shape index (κ1) is 27.0. The van der Waals surface area contributed by atoms with Crippen molar-refractivity contribution in [3.05, 3.63) is 59.1 Å². The number of rotatable bonds is 6. The molecule has 10 heteroatoms. The lowest BCUT2D eigenvalue weighted by Gasteiger charge is -2.41. The van der Waals surface area contributed by atoms with E-state index < -0.39 is 0 Å². The summed E-state index contributed by atoms with van der Waals surface area (Å²) >= 11 is 7.55. The monoisotopic (exact) mass is 576 g/mol. The standard InChI is InChI=1S/C30H33ClN6O2S/c1-20-17-35(14-15-36(20)29(39)22-9-3-2-4-10-22)26(38)19-40-30-32-28-27(33-34-30)24-12-5-6-13-25(24)37(28)18-21-8-7-11-23(31)16-21/h5-8,11-13,16,20,22H,2-4,9-10,14-15,17-19H2,1H3. The number of piperazine rings is 1. The maximum atomic E-state index is 13.1. The van der Waals surface area contributed by atoms with Crippen molar-refractivity contribution in [2.24, 2.45) is 5.92 Å². The number of fused-ring (bicyclic) bond motifs is 3. The highest BCUT2D eigenvalue weighted by Gasteiger charge is 2.33. The smallest absolute Gasteiger partial charge is 0.233 e. The third kappa shape index (κ3) is 5.54. The van der Waals surface area contributed by atoms with Gasteiger partial charge >= 0.3 is 0 Å². The fourth-order valence-corrected chi connectivity index (χ4v) is 6.94. The number of carbonyl (C=O) groups excluding carboxylic acids is 2. The summed E-state index contributed by atoms with van der Waals surface area (Å²) in [7, 11) is 0. The Hall–Kier alpha value is -3.17. The molecule has 2 fully saturated rings. The van der Waals surface area contributed by atoms with Gasteiger partial charge in [0.1, 0.15) is 5.52 Å². The van der Waals surface area contributed by atoms with E-state index in [1.807, 2.05) is 59.2 Å². The largest absolute Gasteiger partial charge is 0.338 e. The third-order valence-corrected chi connectivity index (χ3v) is 9.18. The second-order valence-corrected chi connectivity index (χ2v) is 12.2. The van der Waals surface area contributed by atoms with Gasteiger partial charge in [0.2, 0.25) is 17.0 Å². The van der Waals surface area contributed by atoms with Crippen LogP contribution in [0.5, 0.6) is 0 Å². The lowest BCUT2D eigenvalue weighted by Crippen LogP contribution is -2.57. The summed E-state index contributed by atoms with van der Waals surface area (Å²) in [6, 6.07) is 15.9. The van der Waals surface area contributed by atoms with E-state index in [-0.39, 0.29) is 29.5 Å². The van der Waals surface area contributed by atoms with Crippen LogP contribution in [0.25, 0.3) is 22.1 Å². The molecule has 2 aromatic carbocycles. The van der Waals surface area contributed by atoms with Crippen LogP contribution in [-0.2, 0) is 16.1 Å². The summed E-state index contributed by atoms with van der Waals surface area (Å²) in [6.45, 7) is 4.36. The van der Waals surface area contributed by atoms with E-state index in [0.717, 1.165) is 53.3 Å².